The Balaban J connectivity index is 1.39. The maximum Gasteiger partial charge on any atom is 0.251 e. The molecule has 2 aromatic heterocycles. The number of amides is 1. The minimum atomic E-state index is -3.45. The van der Waals surface area contributed by atoms with E-state index in [1.54, 1.807) is 11.3 Å². The first kappa shape index (κ1) is 20.3. The van der Waals surface area contributed by atoms with E-state index in [9.17, 15) is 13.2 Å². The summed E-state index contributed by atoms with van der Waals surface area (Å²) in [4.78, 5) is 21.1. The van der Waals surface area contributed by atoms with E-state index in [2.05, 4.69) is 10.3 Å². The second-order valence-electron chi connectivity index (χ2n) is 7.34. The van der Waals surface area contributed by atoms with Crippen LogP contribution in [-0.4, -0.2) is 36.6 Å². The average molecular weight is 450 g/mol. The summed E-state index contributed by atoms with van der Waals surface area (Å²) in [6.07, 6.45) is 6.04. The zero-order valence-electron chi connectivity index (χ0n) is 15.8. The van der Waals surface area contributed by atoms with Gasteiger partial charge in [0.1, 0.15) is 0 Å². The molecular weight excluding hydrogens is 430 g/mol. The Kier molecular flexibility index (Phi) is 5.59. The van der Waals surface area contributed by atoms with Gasteiger partial charge in [-0.1, -0.05) is 11.6 Å². The third kappa shape index (κ3) is 4.60. The molecule has 1 saturated carbocycles. The Morgan fingerprint density at radius 3 is 2.66 bits per heavy atom. The molecule has 1 aliphatic rings. The van der Waals surface area contributed by atoms with Gasteiger partial charge in [-0.15, -0.1) is 11.3 Å². The number of carbonyl (C=O) groups excluding carboxylic acids is 1. The number of hydrogen-bond donors (Lipinski definition) is 1. The van der Waals surface area contributed by atoms with Crippen LogP contribution in [0.15, 0.2) is 41.6 Å². The molecule has 0 atom stereocenters. The molecule has 0 spiro atoms. The maximum absolute atomic E-state index is 12.5. The van der Waals surface area contributed by atoms with E-state index >= 15 is 0 Å². The monoisotopic (exact) mass is 449 g/mol. The summed E-state index contributed by atoms with van der Waals surface area (Å²) in [6, 6.07) is 8.70. The van der Waals surface area contributed by atoms with Crippen molar-refractivity contribution in [2.45, 2.75) is 42.7 Å². The second kappa shape index (κ2) is 8.01. The number of benzene rings is 1. The van der Waals surface area contributed by atoms with Gasteiger partial charge in [0.25, 0.3) is 5.91 Å². The minimum Gasteiger partial charge on any atom is -0.349 e. The number of aromatic nitrogens is 2. The van der Waals surface area contributed by atoms with Gasteiger partial charge in [-0.3, -0.25) is 4.79 Å². The van der Waals surface area contributed by atoms with Crippen LogP contribution in [0, 0.1) is 0 Å². The summed E-state index contributed by atoms with van der Waals surface area (Å²) in [5.41, 5.74) is 1.25. The van der Waals surface area contributed by atoms with Crippen molar-refractivity contribution < 1.29 is 13.2 Å². The van der Waals surface area contributed by atoms with Crippen LogP contribution in [0.3, 0.4) is 0 Å². The topological polar surface area (TPSA) is 89.0 Å². The zero-order valence-corrected chi connectivity index (χ0v) is 18.1. The van der Waals surface area contributed by atoms with Crippen molar-refractivity contribution in [3.05, 3.63) is 52.1 Å². The van der Waals surface area contributed by atoms with Crippen LogP contribution in [0.5, 0.6) is 0 Å². The Morgan fingerprint density at radius 2 is 1.93 bits per heavy atom. The maximum atomic E-state index is 12.5. The lowest BCUT2D eigenvalue weighted by molar-refractivity contribution is 0.0925. The standard InChI is InChI=1S/C20H20ClN3O3S2/c1-29(26,27)18-10-13(8-9-22-18)19(25)23-15-5-2-12(3-6-15)20-24-16-11-14(21)4-7-17(16)28-20/h4,7-12,15H,2-3,5-6H2,1H3,(H,23,25). The smallest absolute Gasteiger partial charge is 0.251 e. The van der Waals surface area contributed by atoms with Crippen LogP contribution in [0.25, 0.3) is 10.2 Å². The third-order valence-electron chi connectivity index (χ3n) is 5.15. The number of thiazole rings is 1. The van der Waals surface area contributed by atoms with Gasteiger partial charge in [0.05, 0.1) is 15.2 Å². The Bertz CT molecular complexity index is 1170. The van der Waals surface area contributed by atoms with Crippen LogP contribution in [0.2, 0.25) is 5.02 Å². The first-order valence-electron chi connectivity index (χ1n) is 9.32. The van der Waals surface area contributed by atoms with Crippen molar-refractivity contribution >= 4 is 48.9 Å². The highest BCUT2D eigenvalue weighted by atomic mass is 35.5. The molecule has 1 N–H and O–H groups in total. The number of hydrogen-bond acceptors (Lipinski definition) is 6. The molecule has 2 heterocycles. The number of rotatable bonds is 4. The summed E-state index contributed by atoms with van der Waals surface area (Å²) in [5.74, 6) is 0.118. The molecule has 1 aromatic carbocycles. The van der Waals surface area contributed by atoms with Gasteiger partial charge in [-0.25, -0.2) is 18.4 Å². The minimum absolute atomic E-state index is 0.0671. The van der Waals surface area contributed by atoms with E-state index < -0.39 is 9.84 Å². The molecule has 1 amide bonds. The van der Waals surface area contributed by atoms with E-state index in [1.165, 1.54) is 18.3 Å². The van der Waals surface area contributed by atoms with Crippen molar-refractivity contribution in [1.82, 2.24) is 15.3 Å². The Hall–Kier alpha value is -2.03. The van der Waals surface area contributed by atoms with Gasteiger partial charge in [0, 0.05) is 35.0 Å². The molecule has 4 rings (SSSR count). The fourth-order valence-electron chi connectivity index (χ4n) is 3.60. The summed E-state index contributed by atoms with van der Waals surface area (Å²) in [5, 5.41) is 4.75. The van der Waals surface area contributed by atoms with Gasteiger partial charge < -0.3 is 5.32 Å². The molecule has 0 radical (unpaired) electrons. The van der Waals surface area contributed by atoms with Crippen molar-refractivity contribution in [3.63, 3.8) is 0 Å². The fraction of sp³-hybridized carbons (Fsp3) is 0.350. The van der Waals surface area contributed by atoms with E-state index in [-0.39, 0.29) is 17.0 Å². The molecule has 152 valence electrons. The number of nitrogens with one attached hydrogen (secondary N) is 1. The van der Waals surface area contributed by atoms with Crippen molar-refractivity contribution in [1.29, 1.82) is 0 Å². The van der Waals surface area contributed by atoms with Crippen molar-refractivity contribution in [2.24, 2.45) is 0 Å². The van der Waals surface area contributed by atoms with Crippen LogP contribution in [0.1, 0.15) is 47.0 Å². The lowest BCUT2D eigenvalue weighted by Gasteiger charge is -2.28. The van der Waals surface area contributed by atoms with Gasteiger partial charge in [-0.05, 0) is 56.0 Å². The van der Waals surface area contributed by atoms with Crippen molar-refractivity contribution in [3.8, 4) is 0 Å². The molecular formula is C20H20ClN3O3S2. The van der Waals surface area contributed by atoms with E-state index in [4.69, 9.17) is 16.6 Å². The SMILES string of the molecule is CS(=O)(=O)c1cc(C(=O)NC2CCC(c3nc4cc(Cl)ccc4s3)CC2)ccn1. The van der Waals surface area contributed by atoms with Crippen LogP contribution >= 0.6 is 22.9 Å². The third-order valence-corrected chi connectivity index (χ3v) is 7.57. The summed E-state index contributed by atoms with van der Waals surface area (Å²) < 4.78 is 24.4. The lowest BCUT2D eigenvalue weighted by atomic mass is 9.86. The average Bonchev–Trinajstić information content (AvgIpc) is 3.11. The van der Waals surface area contributed by atoms with E-state index in [1.807, 2.05) is 18.2 Å². The number of nitrogens with zero attached hydrogens (tertiary/aromatic N) is 2. The quantitative estimate of drug-likeness (QED) is 0.644. The van der Waals surface area contributed by atoms with Gasteiger partial charge in [0.2, 0.25) is 0 Å². The van der Waals surface area contributed by atoms with E-state index in [0.717, 1.165) is 47.2 Å². The molecule has 0 saturated heterocycles. The Labute approximate surface area is 178 Å². The van der Waals surface area contributed by atoms with Crippen LogP contribution in [0.4, 0.5) is 0 Å². The highest BCUT2D eigenvalue weighted by Gasteiger charge is 2.26. The van der Waals surface area contributed by atoms with Gasteiger partial charge in [0.15, 0.2) is 14.9 Å². The molecule has 1 fully saturated rings. The van der Waals surface area contributed by atoms with Gasteiger partial charge >= 0.3 is 0 Å². The normalized spacial score (nSPS) is 19.9. The molecule has 0 aliphatic heterocycles. The van der Waals surface area contributed by atoms with Crippen LogP contribution in [-0.2, 0) is 9.84 Å². The lowest BCUT2D eigenvalue weighted by Crippen LogP contribution is -2.37. The largest absolute Gasteiger partial charge is 0.349 e. The molecule has 0 bridgehead atoms. The summed E-state index contributed by atoms with van der Waals surface area (Å²) in [7, 11) is -3.45. The number of halogens is 1. The summed E-state index contributed by atoms with van der Waals surface area (Å²) in [6.45, 7) is 0. The number of carbonyl (C=O) groups is 1. The predicted molar refractivity (Wildman–Crippen MR) is 114 cm³/mol. The molecule has 0 unspecified atom stereocenters. The molecule has 6 nitrogen and oxygen atoms in total. The zero-order chi connectivity index (χ0) is 20.6. The number of fused-ring (bicyclic) bond motifs is 1. The van der Waals surface area contributed by atoms with Crippen LogP contribution < -0.4 is 5.32 Å². The predicted octanol–water partition coefficient (Wildman–Crippen LogP) is 4.20. The first-order chi connectivity index (χ1) is 13.8. The highest BCUT2D eigenvalue weighted by molar-refractivity contribution is 7.90. The molecule has 29 heavy (non-hydrogen) atoms. The second-order valence-corrected chi connectivity index (χ2v) is 10.8. The molecule has 9 heteroatoms. The van der Waals surface area contributed by atoms with Crippen molar-refractivity contribution in [2.75, 3.05) is 6.26 Å². The van der Waals surface area contributed by atoms with E-state index in [0.29, 0.717) is 16.5 Å². The Morgan fingerprint density at radius 1 is 1.17 bits per heavy atom. The number of sulfone groups is 1. The number of pyridine rings is 1. The van der Waals surface area contributed by atoms with Gasteiger partial charge in [-0.2, -0.15) is 0 Å². The molecule has 1 aliphatic carbocycles. The first-order valence-corrected chi connectivity index (χ1v) is 12.4. The summed E-state index contributed by atoms with van der Waals surface area (Å²) >= 11 is 7.76. The fourth-order valence-corrected chi connectivity index (χ4v) is 5.48. The highest BCUT2D eigenvalue weighted by Crippen LogP contribution is 2.37. The molecule has 3 aromatic rings.